The maximum Gasteiger partial charge on any atom is 0.283 e. The molecule has 0 saturated carbocycles. The Morgan fingerprint density at radius 2 is 1.81 bits per heavy atom. The molecular weight excluding hydrogens is 465 g/mol. The van der Waals surface area contributed by atoms with Gasteiger partial charge in [0, 0.05) is 21.7 Å². The number of halogens is 2. The van der Waals surface area contributed by atoms with Crippen LogP contribution < -0.4 is 5.56 Å². The molecule has 160 valence electrons. The summed E-state index contributed by atoms with van der Waals surface area (Å²) >= 11 is 13.9. The first-order valence-electron chi connectivity index (χ1n) is 9.78. The molecule has 0 aliphatic carbocycles. The maximum atomic E-state index is 13.5. The van der Waals surface area contributed by atoms with Crippen molar-refractivity contribution in [3.8, 4) is 33.3 Å². The molecule has 6 nitrogen and oxygen atoms in total. The van der Waals surface area contributed by atoms with Crippen LogP contribution in [0, 0.1) is 13.8 Å². The van der Waals surface area contributed by atoms with E-state index in [0.717, 1.165) is 17.0 Å². The van der Waals surface area contributed by atoms with Gasteiger partial charge in [-0.3, -0.25) is 9.89 Å². The van der Waals surface area contributed by atoms with Crippen LogP contribution in [0.4, 0.5) is 0 Å². The zero-order chi connectivity index (χ0) is 22.4. The van der Waals surface area contributed by atoms with Gasteiger partial charge in [-0.25, -0.2) is 9.67 Å². The van der Waals surface area contributed by atoms with E-state index >= 15 is 0 Å². The third-order valence-electron chi connectivity index (χ3n) is 5.05. The fraction of sp³-hybridized carbons (Fsp3) is 0.0870. The summed E-state index contributed by atoms with van der Waals surface area (Å²) < 4.78 is 3.14. The summed E-state index contributed by atoms with van der Waals surface area (Å²) in [5.41, 5.74) is 4.87. The summed E-state index contributed by atoms with van der Waals surface area (Å²) in [5, 5.41) is 11.2. The first-order valence-corrected chi connectivity index (χ1v) is 11.4. The molecule has 0 bridgehead atoms. The molecule has 0 aliphatic rings. The van der Waals surface area contributed by atoms with Gasteiger partial charge in [-0.05, 0) is 38.1 Å². The van der Waals surface area contributed by atoms with Crippen molar-refractivity contribution in [1.82, 2.24) is 24.5 Å². The van der Waals surface area contributed by atoms with Crippen LogP contribution in [-0.2, 0) is 0 Å². The van der Waals surface area contributed by atoms with Crippen molar-refractivity contribution < 1.29 is 0 Å². The standard InChI is InChI=1S/C23H17Cl2N5OS/c1-13-10-20(29(27-13)19-9-8-16(24)11-17(19)25)21-14(2)28-30(22(21)31)23-26-18(12-32-23)15-6-4-3-5-7-15/h3-12,28H,1-2H3. The molecular formula is C23H17Cl2N5OS. The van der Waals surface area contributed by atoms with Crippen molar-refractivity contribution in [1.29, 1.82) is 0 Å². The van der Waals surface area contributed by atoms with Gasteiger partial charge < -0.3 is 0 Å². The number of nitrogens with one attached hydrogen (secondary N) is 1. The molecule has 0 aliphatic heterocycles. The lowest BCUT2D eigenvalue weighted by Gasteiger charge is -2.08. The van der Waals surface area contributed by atoms with E-state index in [-0.39, 0.29) is 5.56 Å². The summed E-state index contributed by atoms with van der Waals surface area (Å²) in [6, 6.07) is 16.9. The number of H-pyrrole nitrogens is 1. The predicted molar refractivity (Wildman–Crippen MR) is 130 cm³/mol. The molecule has 0 radical (unpaired) electrons. The second kappa shape index (κ2) is 8.09. The topological polar surface area (TPSA) is 68.5 Å². The summed E-state index contributed by atoms with van der Waals surface area (Å²) in [7, 11) is 0. The Balaban J connectivity index is 1.63. The Morgan fingerprint density at radius 3 is 2.56 bits per heavy atom. The lowest BCUT2D eigenvalue weighted by atomic mass is 10.1. The van der Waals surface area contributed by atoms with Crippen LogP contribution in [0.5, 0.6) is 0 Å². The summed E-state index contributed by atoms with van der Waals surface area (Å²) in [6.45, 7) is 3.73. The molecule has 3 heterocycles. The van der Waals surface area contributed by atoms with E-state index in [1.807, 2.05) is 55.6 Å². The van der Waals surface area contributed by atoms with Crippen molar-refractivity contribution in [2.75, 3.05) is 0 Å². The molecule has 3 aromatic heterocycles. The van der Waals surface area contributed by atoms with Crippen molar-refractivity contribution in [3.05, 3.63) is 91.8 Å². The highest BCUT2D eigenvalue weighted by Gasteiger charge is 2.22. The normalized spacial score (nSPS) is 11.2. The third-order valence-corrected chi connectivity index (χ3v) is 6.41. The largest absolute Gasteiger partial charge is 0.293 e. The van der Waals surface area contributed by atoms with E-state index in [1.165, 1.54) is 16.0 Å². The Kier molecular flexibility index (Phi) is 5.25. The van der Waals surface area contributed by atoms with E-state index in [0.29, 0.717) is 37.8 Å². The molecule has 0 spiro atoms. The minimum absolute atomic E-state index is 0.206. The quantitative estimate of drug-likeness (QED) is 0.338. The number of rotatable bonds is 4. The molecule has 1 N–H and O–H groups in total. The summed E-state index contributed by atoms with van der Waals surface area (Å²) in [5.74, 6) is 0. The predicted octanol–water partition coefficient (Wildman–Crippen LogP) is 6.07. The van der Waals surface area contributed by atoms with Crippen LogP contribution in [0.3, 0.4) is 0 Å². The van der Waals surface area contributed by atoms with Gasteiger partial charge >= 0.3 is 0 Å². The smallest absolute Gasteiger partial charge is 0.283 e. The molecule has 5 rings (SSSR count). The average Bonchev–Trinajstić information content (AvgIpc) is 3.46. The van der Waals surface area contributed by atoms with Crippen LogP contribution in [0.2, 0.25) is 10.0 Å². The number of hydrogen-bond donors (Lipinski definition) is 1. The Hall–Kier alpha value is -3.13. The molecule has 0 atom stereocenters. The van der Waals surface area contributed by atoms with Gasteiger partial charge in [0.1, 0.15) is 0 Å². The second-order valence-corrected chi connectivity index (χ2v) is 8.99. The molecule has 0 fully saturated rings. The highest BCUT2D eigenvalue weighted by molar-refractivity contribution is 7.12. The number of aromatic nitrogens is 5. The third kappa shape index (κ3) is 3.58. The van der Waals surface area contributed by atoms with Crippen LogP contribution in [0.25, 0.3) is 33.3 Å². The molecule has 9 heteroatoms. The van der Waals surface area contributed by atoms with Crippen LogP contribution >= 0.6 is 34.5 Å². The monoisotopic (exact) mass is 481 g/mol. The first-order chi connectivity index (χ1) is 15.4. The van der Waals surface area contributed by atoms with Crippen LogP contribution in [0.15, 0.2) is 64.8 Å². The number of nitrogens with zero attached hydrogens (tertiary/aromatic N) is 4. The number of benzene rings is 2. The van der Waals surface area contributed by atoms with Crippen LogP contribution in [-0.4, -0.2) is 24.5 Å². The van der Waals surface area contributed by atoms with Gasteiger partial charge in [-0.2, -0.15) is 9.78 Å². The Morgan fingerprint density at radius 1 is 1.03 bits per heavy atom. The molecule has 5 aromatic rings. The summed E-state index contributed by atoms with van der Waals surface area (Å²) in [6.07, 6.45) is 0. The zero-order valence-corrected chi connectivity index (χ0v) is 19.5. The lowest BCUT2D eigenvalue weighted by Crippen LogP contribution is -2.16. The van der Waals surface area contributed by atoms with Gasteiger partial charge in [-0.1, -0.05) is 53.5 Å². The number of thiazole rings is 1. The zero-order valence-electron chi connectivity index (χ0n) is 17.1. The highest BCUT2D eigenvalue weighted by atomic mass is 35.5. The van der Waals surface area contributed by atoms with E-state index in [9.17, 15) is 4.79 Å². The Bertz CT molecular complexity index is 1500. The number of hydrogen-bond acceptors (Lipinski definition) is 4. The van der Waals surface area contributed by atoms with Crippen molar-refractivity contribution >= 4 is 34.5 Å². The van der Waals surface area contributed by atoms with Gasteiger partial charge in [0.2, 0.25) is 5.13 Å². The molecule has 32 heavy (non-hydrogen) atoms. The number of aryl methyl sites for hydroxylation is 2. The first kappa shape index (κ1) is 20.8. The second-order valence-electron chi connectivity index (χ2n) is 7.31. The van der Waals surface area contributed by atoms with E-state index < -0.39 is 0 Å². The minimum Gasteiger partial charge on any atom is -0.293 e. The van der Waals surface area contributed by atoms with E-state index in [2.05, 4.69) is 15.2 Å². The maximum absolute atomic E-state index is 13.5. The molecule has 0 saturated heterocycles. The SMILES string of the molecule is Cc1cc(-c2c(C)[nH]n(-c3nc(-c4ccccc4)cs3)c2=O)n(-c2ccc(Cl)cc2Cl)n1. The van der Waals surface area contributed by atoms with Crippen molar-refractivity contribution in [2.24, 2.45) is 0 Å². The van der Waals surface area contributed by atoms with Crippen LogP contribution in [0.1, 0.15) is 11.4 Å². The Labute approximate surface area is 197 Å². The fourth-order valence-corrected chi connectivity index (χ4v) is 4.89. The van der Waals surface area contributed by atoms with Gasteiger partial charge in [-0.15, -0.1) is 11.3 Å². The van der Waals surface area contributed by atoms with Crippen molar-refractivity contribution in [3.63, 3.8) is 0 Å². The van der Waals surface area contributed by atoms with Gasteiger partial charge in [0.05, 0.1) is 33.4 Å². The average molecular weight is 482 g/mol. The van der Waals surface area contributed by atoms with Gasteiger partial charge in [0.15, 0.2) is 0 Å². The molecule has 2 aromatic carbocycles. The molecule has 0 amide bonds. The van der Waals surface area contributed by atoms with E-state index in [4.69, 9.17) is 23.2 Å². The van der Waals surface area contributed by atoms with Crippen molar-refractivity contribution in [2.45, 2.75) is 13.8 Å². The number of aromatic amines is 1. The minimum atomic E-state index is -0.206. The lowest BCUT2D eigenvalue weighted by molar-refractivity contribution is 0.827. The fourth-order valence-electron chi connectivity index (χ4n) is 3.61. The highest BCUT2D eigenvalue weighted by Crippen LogP contribution is 2.30. The molecule has 0 unspecified atom stereocenters. The summed E-state index contributed by atoms with van der Waals surface area (Å²) in [4.78, 5) is 18.1. The van der Waals surface area contributed by atoms with Gasteiger partial charge in [0.25, 0.3) is 5.56 Å². The van der Waals surface area contributed by atoms with E-state index in [1.54, 1.807) is 22.9 Å².